The Labute approximate surface area is 113 Å². The summed E-state index contributed by atoms with van der Waals surface area (Å²) in [5.74, 6) is 0.780. The van der Waals surface area contributed by atoms with Crippen LogP contribution in [0.15, 0.2) is 17.4 Å². The molecule has 1 aromatic rings. The number of amidine groups is 1. The van der Waals surface area contributed by atoms with E-state index in [0.29, 0.717) is 11.4 Å². The minimum atomic E-state index is 0.0720. The van der Waals surface area contributed by atoms with Crippen LogP contribution in [0.25, 0.3) is 0 Å². The van der Waals surface area contributed by atoms with Crippen LogP contribution in [-0.4, -0.2) is 41.3 Å². The van der Waals surface area contributed by atoms with Crippen LogP contribution < -0.4 is 10.6 Å². The Balaban J connectivity index is 2.84. The predicted molar refractivity (Wildman–Crippen MR) is 75.7 cm³/mol. The molecule has 106 valence electrons. The number of hydrogen-bond acceptors (Lipinski definition) is 5. The SMILES string of the molecule is Cc1ccnc(N(C)CCCCCO)c1/C(N)=N/O. The zero-order valence-electron chi connectivity index (χ0n) is 11.5. The minimum Gasteiger partial charge on any atom is -0.409 e. The summed E-state index contributed by atoms with van der Waals surface area (Å²) in [6.45, 7) is 2.93. The molecule has 19 heavy (non-hydrogen) atoms. The van der Waals surface area contributed by atoms with E-state index in [0.717, 1.165) is 31.4 Å². The number of aryl methyl sites for hydroxylation is 1. The van der Waals surface area contributed by atoms with Crippen molar-refractivity contribution in [3.63, 3.8) is 0 Å². The van der Waals surface area contributed by atoms with Gasteiger partial charge in [0, 0.05) is 26.4 Å². The summed E-state index contributed by atoms with van der Waals surface area (Å²) in [7, 11) is 1.93. The number of nitrogens with zero attached hydrogens (tertiary/aromatic N) is 3. The van der Waals surface area contributed by atoms with Crippen LogP contribution in [0.3, 0.4) is 0 Å². The zero-order chi connectivity index (χ0) is 14.3. The largest absolute Gasteiger partial charge is 0.409 e. The fourth-order valence-electron chi connectivity index (χ4n) is 1.94. The van der Waals surface area contributed by atoms with Crippen molar-refractivity contribution in [2.75, 3.05) is 25.1 Å². The summed E-state index contributed by atoms with van der Waals surface area (Å²) in [4.78, 5) is 6.30. The maximum absolute atomic E-state index is 8.85. The maximum atomic E-state index is 8.85. The van der Waals surface area contributed by atoms with Gasteiger partial charge in [0.25, 0.3) is 0 Å². The molecular weight excluding hydrogens is 244 g/mol. The summed E-state index contributed by atoms with van der Waals surface area (Å²) in [5, 5.41) is 20.7. The molecular formula is C13H22N4O2. The first-order valence-electron chi connectivity index (χ1n) is 6.37. The zero-order valence-corrected chi connectivity index (χ0v) is 11.5. The Morgan fingerprint density at radius 2 is 2.16 bits per heavy atom. The van der Waals surface area contributed by atoms with E-state index in [1.807, 2.05) is 24.9 Å². The third-order valence-corrected chi connectivity index (χ3v) is 3.02. The van der Waals surface area contributed by atoms with Crippen LogP contribution in [0.5, 0.6) is 0 Å². The number of aliphatic hydroxyl groups excluding tert-OH is 1. The van der Waals surface area contributed by atoms with E-state index in [1.54, 1.807) is 6.20 Å². The molecule has 6 heteroatoms. The van der Waals surface area contributed by atoms with E-state index in [2.05, 4.69) is 10.1 Å². The molecule has 0 aliphatic rings. The molecule has 6 nitrogen and oxygen atoms in total. The number of pyridine rings is 1. The van der Waals surface area contributed by atoms with Gasteiger partial charge in [-0.05, 0) is 37.8 Å². The van der Waals surface area contributed by atoms with Gasteiger partial charge in [-0.2, -0.15) is 0 Å². The lowest BCUT2D eigenvalue weighted by molar-refractivity contribution is 0.283. The molecule has 0 radical (unpaired) electrons. The van der Waals surface area contributed by atoms with Gasteiger partial charge in [0.15, 0.2) is 5.84 Å². The maximum Gasteiger partial charge on any atom is 0.174 e. The monoisotopic (exact) mass is 266 g/mol. The van der Waals surface area contributed by atoms with Crippen LogP contribution in [0.2, 0.25) is 0 Å². The van der Waals surface area contributed by atoms with Gasteiger partial charge in [-0.15, -0.1) is 0 Å². The number of aromatic nitrogens is 1. The molecule has 1 rings (SSSR count). The van der Waals surface area contributed by atoms with E-state index in [-0.39, 0.29) is 12.4 Å². The van der Waals surface area contributed by atoms with Crippen molar-refractivity contribution in [1.82, 2.24) is 4.98 Å². The lowest BCUT2D eigenvalue weighted by Crippen LogP contribution is -2.26. The van der Waals surface area contributed by atoms with Crippen molar-refractivity contribution in [2.45, 2.75) is 26.2 Å². The Bertz CT molecular complexity index is 435. The Hall–Kier alpha value is -1.82. The molecule has 1 aromatic heterocycles. The first-order chi connectivity index (χ1) is 9.11. The van der Waals surface area contributed by atoms with E-state index in [4.69, 9.17) is 16.0 Å². The molecule has 0 aliphatic carbocycles. The number of rotatable bonds is 7. The normalized spacial score (nSPS) is 11.6. The molecule has 0 amide bonds. The van der Waals surface area contributed by atoms with Crippen LogP contribution >= 0.6 is 0 Å². The van der Waals surface area contributed by atoms with Crippen LogP contribution in [0.1, 0.15) is 30.4 Å². The number of nitrogens with two attached hydrogens (primary N) is 1. The van der Waals surface area contributed by atoms with Crippen molar-refractivity contribution in [1.29, 1.82) is 0 Å². The third-order valence-electron chi connectivity index (χ3n) is 3.02. The van der Waals surface area contributed by atoms with Crippen molar-refractivity contribution in [3.8, 4) is 0 Å². The molecule has 0 saturated heterocycles. The first kappa shape index (κ1) is 15.2. The molecule has 0 spiro atoms. The van der Waals surface area contributed by atoms with Gasteiger partial charge >= 0.3 is 0 Å². The van der Waals surface area contributed by atoms with Crippen LogP contribution in [0.4, 0.5) is 5.82 Å². The fourth-order valence-corrected chi connectivity index (χ4v) is 1.94. The van der Waals surface area contributed by atoms with E-state index in [9.17, 15) is 0 Å². The van der Waals surface area contributed by atoms with Crippen molar-refractivity contribution < 1.29 is 10.3 Å². The lowest BCUT2D eigenvalue weighted by atomic mass is 10.1. The summed E-state index contributed by atoms with van der Waals surface area (Å²) in [6.07, 6.45) is 4.44. The molecule has 0 aliphatic heterocycles. The van der Waals surface area contributed by atoms with Gasteiger partial charge in [0.2, 0.25) is 0 Å². The summed E-state index contributed by atoms with van der Waals surface area (Å²) in [6, 6.07) is 1.83. The molecule has 1 heterocycles. The van der Waals surface area contributed by atoms with Gasteiger partial charge in [-0.1, -0.05) is 5.16 Å². The number of hydrogen-bond donors (Lipinski definition) is 3. The van der Waals surface area contributed by atoms with Gasteiger partial charge in [0.1, 0.15) is 5.82 Å². The third kappa shape index (κ3) is 4.10. The second-order valence-electron chi connectivity index (χ2n) is 4.52. The molecule has 0 saturated carbocycles. The van der Waals surface area contributed by atoms with E-state index < -0.39 is 0 Å². The highest BCUT2D eigenvalue weighted by molar-refractivity contribution is 6.02. The van der Waals surface area contributed by atoms with E-state index >= 15 is 0 Å². The second-order valence-corrected chi connectivity index (χ2v) is 4.52. The number of unbranched alkanes of at least 4 members (excludes halogenated alkanes) is 2. The molecule has 0 unspecified atom stereocenters. The number of aliphatic hydroxyl groups is 1. The predicted octanol–water partition coefficient (Wildman–Crippen LogP) is 1.08. The second kappa shape index (κ2) is 7.58. The average molecular weight is 266 g/mol. The molecule has 0 fully saturated rings. The number of anilines is 1. The van der Waals surface area contributed by atoms with Gasteiger partial charge in [-0.25, -0.2) is 4.98 Å². The highest BCUT2D eigenvalue weighted by Gasteiger charge is 2.14. The first-order valence-corrected chi connectivity index (χ1v) is 6.37. The fraction of sp³-hybridized carbons (Fsp3) is 0.538. The molecule has 4 N–H and O–H groups in total. The Morgan fingerprint density at radius 1 is 1.42 bits per heavy atom. The van der Waals surface area contributed by atoms with Crippen LogP contribution in [0, 0.1) is 6.92 Å². The van der Waals surface area contributed by atoms with Crippen molar-refractivity contribution in [3.05, 3.63) is 23.4 Å². The van der Waals surface area contributed by atoms with E-state index in [1.165, 1.54) is 0 Å². The van der Waals surface area contributed by atoms with Gasteiger partial charge < -0.3 is 20.9 Å². The number of oxime groups is 1. The Morgan fingerprint density at radius 3 is 2.79 bits per heavy atom. The van der Waals surface area contributed by atoms with Gasteiger partial charge in [-0.3, -0.25) is 0 Å². The summed E-state index contributed by atoms with van der Waals surface area (Å²) >= 11 is 0. The van der Waals surface area contributed by atoms with Crippen molar-refractivity contribution >= 4 is 11.7 Å². The smallest absolute Gasteiger partial charge is 0.174 e. The quantitative estimate of drug-likeness (QED) is 0.226. The average Bonchev–Trinajstić information content (AvgIpc) is 2.42. The molecule has 0 atom stereocenters. The summed E-state index contributed by atoms with van der Waals surface area (Å²) in [5.41, 5.74) is 7.29. The molecule has 0 aromatic carbocycles. The molecule has 0 bridgehead atoms. The van der Waals surface area contributed by atoms with Gasteiger partial charge in [0.05, 0.1) is 5.56 Å². The van der Waals surface area contributed by atoms with Crippen LogP contribution in [-0.2, 0) is 0 Å². The standard InChI is InChI=1S/C13H22N4O2/c1-10-6-7-15-13(11(10)12(14)16-19)17(2)8-4-3-5-9-18/h6-7,18-19H,3-5,8-9H2,1-2H3,(H2,14,16). The lowest BCUT2D eigenvalue weighted by Gasteiger charge is -2.21. The highest BCUT2D eigenvalue weighted by Crippen LogP contribution is 2.20. The Kier molecular flexibility index (Phi) is 6.08. The topological polar surface area (TPSA) is 95.0 Å². The highest BCUT2D eigenvalue weighted by atomic mass is 16.4. The minimum absolute atomic E-state index is 0.0720. The van der Waals surface area contributed by atoms with Crippen molar-refractivity contribution in [2.24, 2.45) is 10.9 Å². The summed E-state index contributed by atoms with van der Waals surface area (Å²) < 4.78 is 0.